The number of anilines is 1. The number of hydrogen-bond donors (Lipinski definition) is 2. The van der Waals surface area contributed by atoms with Crippen LogP contribution >= 0.6 is 11.6 Å². The van der Waals surface area contributed by atoms with Gasteiger partial charge in [0.1, 0.15) is 11.6 Å². The fourth-order valence-electron chi connectivity index (χ4n) is 3.39. The maximum atomic E-state index is 13.3. The van der Waals surface area contributed by atoms with Crippen LogP contribution in [0.4, 0.5) is 19.0 Å². The number of aromatic carboxylic acids is 1. The SMILES string of the molecule is C[C@H](Nc1nccc2ccnc(Oc3cccc(C(F)(F)F)c3Cl)c12)c1ccc(C(=O)O)cc1. The van der Waals surface area contributed by atoms with Crippen LogP contribution in [-0.4, -0.2) is 21.0 Å². The highest BCUT2D eigenvalue weighted by Gasteiger charge is 2.34. The van der Waals surface area contributed by atoms with Gasteiger partial charge in [-0.1, -0.05) is 29.8 Å². The summed E-state index contributed by atoms with van der Waals surface area (Å²) in [7, 11) is 0. The van der Waals surface area contributed by atoms with Crippen LogP contribution in [0.25, 0.3) is 10.8 Å². The lowest BCUT2D eigenvalue weighted by molar-refractivity contribution is -0.137. The van der Waals surface area contributed by atoms with Crippen LogP contribution in [0.3, 0.4) is 0 Å². The highest BCUT2D eigenvalue weighted by molar-refractivity contribution is 6.33. The fraction of sp³-hybridized carbons (Fsp3) is 0.125. The first kappa shape index (κ1) is 23.3. The van der Waals surface area contributed by atoms with Gasteiger partial charge in [-0.05, 0) is 54.3 Å². The summed E-state index contributed by atoms with van der Waals surface area (Å²) in [6.07, 6.45) is -1.59. The Kier molecular flexibility index (Phi) is 6.30. The third-order valence-corrected chi connectivity index (χ3v) is 5.52. The molecule has 2 aromatic carbocycles. The van der Waals surface area contributed by atoms with Crippen molar-refractivity contribution in [2.75, 3.05) is 5.32 Å². The molecular weight excluding hydrogens is 471 g/mol. The van der Waals surface area contributed by atoms with Crippen molar-refractivity contribution in [2.45, 2.75) is 19.1 Å². The molecule has 4 rings (SSSR count). The Labute approximate surface area is 197 Å². The normalized spacial score (nSPS) is 12.4. The summed E-state index contributed by atoms with van der Waals surface area (Å²) in [5.74, 6) is -0.797. The number of aromatic nitrogens is 2. The van der Waals surface area contributed by atoms with Crippen molar-refractivity contribution in [1.82, 2.24) is 9.97 Å². The van der Waals surface area contributed by atoms with Gasteiger partial charge in [-0.3, -0.25) is 0 Å². The van der Waals surface area contributed by atoms with Crippen molar-refractivity contribution in [3.8, 4) is 11.6 Å². The van der Waals surface area contributed by atoms with Crippen LogP contribution in [0.5, 0.6) is 11.6 Å². The Morgan fingerprint density at radius 1 is 1.06 bits per heavy atom. The molecule has 0 spiro atoms. The number of fused-ring (bicyclic) bond motifs is 1. The van der Waals surface area contributed by atoms with Gasteiger partial charge >= 0.3 is 12.1 Å². The lowest BCUT2D eigenvalue weighted by Crippen LogP contribution is -2.09. The molecule has 0 aliphatic rings. The van der Waals surface area contributed by atoms with E-state index in [-0.39, 0.29) is 23.2 Å². The van der Waals surface area contributed by atoms with Crippen molar-refractivity contribution in [2.24, 2.45) is 0 Å². The van der Waals surface area contributed by atoms with E-state index in [1.165, 1.54) is 30.5 Å². The Bertz CT molecular complexity index is 1360. The molecule has 34 heavy (non-hydrogen) atoms. The Morgan fingerprint density at radius 2 is 1.74 bits per heavy atom. The van der Waals surface area contributed by atoms with Crippen LogP contribution < -0.4 is 10.1 Å². The fourth-order valence-corrected chi connectivity index (χ4v) is 3.66. The minimum absolute atomic E-state index is 0.0303. The molecular formula is C24H17ClF3N3O3. The first-order valence-electron chi connectivity index (χ1n) is 10.0. The van der Waals surface area contributed by atoms with Gasteiger partial charge in [0.15, 0.2) is 0 Å². The molecule has 0 fully saturated rings. The topological polar surface area (TPSA) is 84.3 Å². The van der Waals surface area contributed by atoms with Gasteiger partial charge < -0.3 is 15.2 Å². The quantitative estimate of drug-likeness (QED) is 0.305. The van der Waals surface area contributed by atoms with Gasteiger partial charge in [-0.15, -0.1) is 0 Å². The highest BCUT2D eigenvalue weighted by Crippen LogP contribution is 2.42. The van der Waals surface area contributed by atoms with Crippen LogP contribution in [-0.2, 0) is 6.18 Å². The van der Waals surface area contributed by atoms with Gasteiger partial charge in [0.2, 0.25) is 5.88 Å². The number of nitrogens with zero attached hydrogens (tertiary/aromatic N) is 2. The van der Waals surface area contributed by atoms with Crippen molar-refractivity contribution in [3.63, 3.8) is 0 Å². The largest absolute Gasteiger partial charge is 0.478 e. The summed E-state index contributed by atoms with van der Waals surface area (Å²) in [4.78, 5) is 19.6. The number of pyridine rings is 2. The monoisotopic (exact) mass is 487 g/mol. The molecule has 1 atom stereocenters. The molecule has 2 N–H and O–H groups in total. The Morgan fingerprint density at radius 3 is 2.38 bits per heavy atom. The number of rotatable bonds is 6. The molecule has 0 radical (unpaired) electrons. The van der Waals surface area contributed by atoms with Crippen LogP contribution in [0.15, 0.2) is 67.0 Å². The number of carboxylic acid groups (broad SMARTS) is 1. The first-order chi connectivity index (χ1) is 16.1. The zero-order chi connectivity index (χ0) is 24.5. The summed E-state index contributed by atoms with van der Waals surface area (Å²) < 4.78 is 45.5. The molecule has 6 nitrogen and oxygen atoms in total. The molecule has 4 aromatic rings. The van der Waals surface area contributed by atoms with E-state index in [2.05, 4.69) is 15.3 Å². The van der Waals surface area contributed by atoms with Crippen LogP contribution in [0.2, 0.25) is 5.02 Å². The van der Waals surface area contributed by atoms with Crippen LogP contribution in [0.1, 0.15) is 34.5 Å². The van der Waals surface area contributed by atoms with Crippen molar-refractivity contribution < 1.29 is 27.8 Å². The van der Waals surface area contributed by atoms with Gasteiger partial charge in [0.25, 0.3) is 0 Å². The summed E-state index contributed by atoms with van der Waals surface area (Å²) in [5.41, 5.74) is -0.0463. The predicted molar refractivity (Wildman–Crippen MR) is 122 cm³/mol. The maximum absolute atomic E-state index is 13.3. The molecule has 2 aromatic heterocycles. The number of alkyl halides is 3. The van der Waals surface area contributed by atoms with Gasteiger partial charge in [-0.25, -0.2) is 14.8 Å². The molecule has 0 saturated carbocycles. The predicted octanol–water partition coefficient (Wildman–Crippen LogP) is 6.97. The summed E-state index contributed by atoms with van der Waals surface area (Å²) >= 11 is 5.99. The second-order valence-corrected chi connectivity index (χ2v) is 7.76. The summed E-state index contributed by atoms with van der Waals surface area (Å²) in [6, 6.07) is 12.9. The second-order valence-electron chi connectivity index (χ2n) is 7.38. The highest BCUT2D eigenvalue weighted by atomic mass is 35.5. The lowest BCUT2D eigenvalue weighted by Gasteiger charge is -2.18. The summed E-state index contributed by atoms with van der Waals surface area (Å²) in [5, 5.41) is 12.9. The van der Waals surface area contributed by atoms with Crippen molar-refractivity contribution in [1.29, 1.82) is 0 Å². The third kappa shape index (κ3) is 4.74. The van der Waals surface area contributed by atoms with E-state index >= 15 is 0 Å². The lowest BCUT2D eigenvalue weighted by atomic mass is 10.1. The molecule has 174 valence electrons. The molecule has 0 unspecified atom stereocenters. The van der Waals surface area contributed by atoms with Gasteiger partial charge in [0, 0.05) is 18.4 Å². The number of carbonyl (C=O) groups is 1. The molecule has 0 aliphatic heterocycles. The molecule has 10 heteroatoms. The third-order valence-electron chi connectivity index (χ3n) is 5.13. The average molecular weight is 488 g/mol. The first-order valence-corrected chi connectivity index (χ1v) is 10.4. The van der Waals surface area contributed by atoms with Crippen molar-refractivity contribution >= 4 is 34.2 Å². The molecule has 0 bridgehead atoms. The molecule has 2 heterocycles. The standard InChI is InChI=1S/C24H17ClF3N3O3/c1-13(14-5-7-16(8-6-14)23(32)33)31-21-19-15(9-11-29-21)10-12-30-22(19)34-18-4-2-3-17(20(18)25)24(26,27)28/h2-13H,1H3,(H,29,31)(H,32,33)/t13-/m0/s1. The molecule has 0 saturated heterocycles. The summed E-state index contributed by atoms with van der Waals surface area (Å²) in [6.45, 7) is 1.86. The van der Waals surface area contributed by atoms with E-state index in [4.69, 9.17) is 21.4 Å². The van der Waals surface area contributed by atoms with Gasteiger partial charge in [0.05, 0.1) is 21.5 Å². The average Bonchev–Trinajstić information content (AvgIpc) is 2.80. The van der Waals surface area contributed by atoms with E-state index in [0.29, 0.717) is 16.6 Å². The van der Waals surface area contributed by atoms with E-state index in [0.717, 1.165) is 11.6 Å². The van der Waals surface area contributed by atoms with Gasteiger partial charge in [-0.2, -0.15) is 13.2 Å². The second kappa shape index (κ2) is 9.18. The number of benzene rings is 2. The number of nitrogens with one attached hydrogen (secondary N) is 1. The molecule has 0 amide bonds. The maximum Gasteiger partial charge on any atom is 0.417 e. The van der Waals surface area contributed by atoms with E-state index in [9.17, 15) is 18.0 Å². The van der Waals surface area contributed by atoms with E-state index in [1.807, 2.05) is 6.92 Å². The van der Waals surface area contributed by atoms with Crippen LogP contribution in [0, 0.1) is 0 Å². The minimum Gasteiger partial charge on any atom is -0.478 e. The van der Waals surface area contributed by atoms with Crippen molar-refractivity contribution in [3.05, 3.63) is 88.7 Å². The smallest absolute Gasteiger partial charge is 0.417 e. The Balaban J connectivity index is 1.70. The zero-order valence-corrected chi connectivity index (χ0v) is 18.4. The zero-order valence-electron chi connectivity index (χ0n) is 17.6. The minimum atomic E-state index is -4.64. The van der Waals surface area contributed by atoms with E-state index < -0.39 is 22.7 Å². The molecule has 0 aliphatic carbocycles. The number of halogens is 4. The number of hydrogen-bond acceptors (Lipinski definition) is 5. The number of carboxylic acids is 1. The Hall–Kier alpha value is -3.85. The number of ether oxygens (including phenoxy) is 1. The van der Waals surface area contributed by atoms with E-state index in [1.54, 1.807) is 30.5 Å².